The number of phenolic OH excluding ortho intramolecular Hbond substituents is 1. The van der Waals surface area contributed by atoms with Crippen LogP contribution in [0.25, 0.3) is 0 Å². The SMILES string of the molecule is C[C@H]1O[C@H](O[C@H]2[C@H](O)C[C@H](c3ccc4c(c3O)C(=O)C3=C(C4=O)[C@@]4(O)C(=O)C[C@](C)(O)C[C@@]4(O)C=C3)O[C@@H]2C)C[C@@H](O)[C@@H]1O. The molecule has 13 nitrogen and oxygen atoms in total. The molecular weight excluding hydrogens is 580 g/mol. The average Bonchev–Trinajstić information content (AvgIpc) is 2.92. The number of hydrogen-bond acceptors (Lipinski definition) is 13. The van der Waals surface area contributed by atoms with Crippen LogP contribution in [-0.2, 0) is 19.0 Å². The summed E-state index contributed by atoms with van der Waals surface area (Å²) >= 11 is 0. The number of benzene rings is 1. The van der Waals surface area contributed by atoms with E-state index in [4.69, 9.17) is 14.2 Å². The Morgan fingerprint density at radius 1 is 0.932 bits per heavy atom. The molecule has 2 aliphatic heterocycles. The third-order valence-corrected chi connectivity index (χ3v) is 9.54. The Balaban J connectivity index is 1.27. The molecule has 0 aromatic heterocycles. The summed E-state index contributed by atoms with van der Waals surface area (Å²) in [5.41, 5.74) is -8.32. The van der Waals surface area contributed by atoms with Gasteiger partial charge in [0.15, 0.2) is 29.2 Å². The third-order valence-electron chi connectivity index (χ3n) is 9.54. The maximum absolute atomic E-state index is 13.8. The molecular formula is C31H36O13. The fourth-order valence-electron chi connectivity index (χ4n) is 7.30. The van der Waals surface area contributed by atoms with E-state index in [9.17, 15) is 50.1 Å². The van der Waals surface area contributed by atoms with Gasteiger partial charge in [-0.1, -0.05) is 12.1 Å². The van der Waals surface area contributed by atoms with Crippen molar-refractivity contribution < 1.29 is 64.3 Å². The van der Waals surface area contributed by atoms with Gasteiger partial charge in [-0.2, -0.15) is 0 Å². The van der Waals surface area contributed by atoms with Gasteiger partial charge in [-0.25, -0.2) is 0 Å². The van der Waals surface area contributed by atoms with Crippen molar-refractivity contribution in [2.75, 3.05) is 0 Å². The Hall–Kier alpha value is -2.85. The summed E-state index contributed by atoms with van der Waals surface area (Å²) in [6, 6.07) is 2.60. The largest absolute Gasteiger partial charge is 0.507 e. The van der Waals surface area contributed by atoms with Gasteiger partial charge in [-0.3, -0.25) is 14.4 Å². The number of phenols is 1. The first-order chi connectivity index (χ1) is 20.5. The second-order valence-electron chi connectivity index (χ2n) is 12.9. The van der Waals surface area contributed by atoms with Crippen LogP contribution in [0.5, 0.6) is 5.75 Å². The minimum absolute atomic E-state index is 0.0175. The predicted molar refractivity (Wildman–Crippen MR) is 147 cm³/mol. The van der Waals surface area contributed by atoms with Gasteiger partial charge in [-0.05, 0) is 32.9 Å². The van der Waals surface area contributed by atoms with E-state index < -0.39 is 107 Å². The summed E-state index contributed by atoms with van der Waals surface area (Å²) in [5.74, 6) is -3.39. The van der Waals surface area contributed by atoms with Gasteiger partial charge >= 0.3 is 0 Å². The van der Waals surface area contributed by atoms with Crippen LogP contribution < -0.4 is 0 Å². The number of Topliss-reactive ketones (excluding diaryl/α,β-unsaturated/α-hetero) is 3. The van der Waals surface area contributed by atoms with Crippen LogP contribution in [0.4, 0.5) is 0 Å². The fraction of sp³-hybridized carbons (Fsp3) is 0.581. The molecule has 0 amide bonds. The Morgan fingerprint density at radius 2 is 1.64 bits per heavy atom. The van der Waals surface area contributed by atoms with Crippen LogP contribution in [0.15, 0.2) is 35.4 Å². The monoisotopic (exact) mass is 616 g/mol. The number of carbonyl (C=O) groups excluding carboxylic acids is 3. The van der Waals surface area contributed by atoms with Crippen molar-refractivity contribution in [2.24, 2.45) is 0 Å². The Bertz CT molecular complexity index is 1470. The fourth-order valence-corrected chi connectivity index (χ4v) is 7.30. The molecule has 0 radical (unpaired) electrons. The highest BCUT2D eigenvalue weighted by Gasteiger charge is 2.66. The minimum Gasteiger partial charge on any atom is -0.507 e. The summed E-state index contributed by atoms with van der Waals surface area (Å²) in [6.45, 7) is 4.54. The number of hydrogen-bond donors (Lipinski definition) is 7. The second kappa shape index (κ2) is 10.3. The van der Waals surface area contributed by atoms with Gasteiger partial charge in [0.05, 0.1) is 47.3 Å². The van der Waals surface area contributed by atoms with E-state index in [0.29, 0.717) is 0 Å². The Morgan fingerprint density at radius 3 is 2.30 bits per heavy atom. The summed E-state index contributed by atoms with van der Waals surface area (Å²) in [5, 5.41) is 75.7. The van der Waals surface area contributed by atoms with E-state index in [1.165, 1.54) is 19.1 Å². The molecule has 3 fully saturated rings. The molecule has 13 heteroatoms. The van der Waals surface area contributed by atoms with Crippen LogP contribution in [0.1, 0.15) is 78.8 Å². The van der Waals surface area contributed by atoms with E-state index >= 15 is 0 Å². The van der Waals surface area contributed by atoms with Crippen molar-refractivity contribution in [1.29, 1.82) is 0 Å². The minimum atomic E-state index is -2.78. The van der Waals surface area contributed by atoms with Gasteiger partial charge in [0.25, 0.3) is 0 Å². The summed E-state index contributed by atoms with van der Waals surface area (Å²) in [4.78, 5) is 40.7. The lowest BCUT2D eigenvalue weighted by atomic mass is 9.57. The number of ether oxygens (including phenoxy) is 3. The first-order valence-corrected chi connectivity index (χ1v) is 14.6. The quantitative estimate of drug-likeness (QED) is 0.231. The standard InChI is InChI=1S/C31H36O13/c1-12-24(35)17(32)9-21(43-12)44-28-13(2)42-19(8-18(28)33)14-4-5-15-22(25(14)36)26(37)16-6-7-30(40)11-29(3,39)10-20(34)31(30,41)23(16)27(15)38/h4-7,12-13,17-19,21,24,28,32-33,35-36,39-41H,8-11H2,1-3H3/t12-,13-,17-,18-,19-,21-,24-,28-,29+,30+,31+/m1/s1. The third kappa shape index (κ3) is 4.53. The average molecular weight is 617 g/mol. The first kappa shape index (κ1) is 31.1. The van der Waals surface area contributed by atoms with E-state index in [2.05, 4.69) is 0 Å². The zero-order valence-corrected chi connectivity index (χ0v) is 24.3. The lowest BCUT2D eigenvalue weighted by molar-refractivity contribution is -0.293. The second-order valence-corrected chi connectivity index (χ2v) is 12.9. The van der Waals surface area contributed by atoms with Crippen molar-refractivity contribution in [1.82, 2.24) is 0 Å². The van der Waals surface area contributed by atoms with Crippen molar-refractivity contribution in [3.8, 4) is 5.75 Å². The molecule has 3 aliphatic carbocycles. The molecule has 1 aromatic carbocycles. The molecule has 0 spiro atoms. The number of fused-ring (bicyclic) bond motifs is 3. The number of ketones is 3. The van der Waals surface area contributed by atoms with E-state index in [0.717, 1.165) is 12.2 Å². The van der Waals surface area contributed by atoms with E-state index in [-0.39, 0.29) is 35.1 Å². The first-order valence-electron chi connectivity index (χ1n) is 14.6. The molecule has 2 saturated heterocycles. The smallest absolute Gasteiger partial charge is 0.198 e. The van der Waals surface area contributed by atoms with E-state index in [1.807, 2.05) is 0 Å². The number of rotatable bonds is 3. The van der Waals surface area contributed by atoms with Gasteiger partial charge in [0.2, 0.25) is 0 Å². The molecule has 44 heavy (non-hydrogen) atoms. The topological polar surface area (TPSA) is 221 Å². The lowest BCUT2D eigenvalue weighted by Gasteiger charge is -2.51. The molecule has 238 valence electrons. The number of aromatic hydroxyl groups is 1. The normalized spacial score (nSPS) is 43.9. The van der Waals surface area contributed by atoms with Crippen LogP contribution in [0.2, 0.25) is 0 Å². The number of carbonyl (C=O) groups is 3. The molecule has 2 heterocycles. The number of aliphatic hydroxyl groups excluding tert-OH is 3. The maximum Gasteiger partial charge on any atom is 0.198 e. The van der Waals surface area contributed by atoms with Gasteiger partial charge in [0.1, 0.15) is 23.6 Å². The van der Waals surface area contributed by atoms with Crippen LogP contribution in [0, 0.1) is 0 Å². The highest BCUT2D eigenvalue weighted by atomic mass is 16.7. The van der Waals surface area contributed by atoms with Crippen molar-refractivity contribution in [3.05, 3.63) is 52.1 Å². The Labute approximate surface area is 252 Å². The maximum atomic E-state index is 13.8. The zero-order chi connectivity index (χ0) is 32.1. The summed E-state index contributed by atoms with van der Waals surface area (Å²) in [6.07, 6.45) is -6.44. The molecule has 0 bridgehead atoms. The molecule has 6 rings (SSSR count). The van der Waals surface area contributed by atoms with Crippen molar-refractivity contribution in [3.63, 3.8) is 0 Å². The molecule has 1 aromatic rings. The molecule has 0 unspecified atom stereocenters. The highest BCUT2D eigenvalue weighted by molar-refractivity contribution is 6.31. The van der Waals surface area contributed by atoms with Gasteiger partial charge in [0, 0.05) is 42.4 Å². The highest BCUT2D eigenvalue weighted by Crippen LogP contribution is 2.52. The summed E-state index contributed by atoms with van der Waals surface area (Å²) < 4.78 is 17.6. The molecule has 11 atom stereocenters. The van der Waals surface area contributed by atoms with Gasteiger partial charge in [-0.15, -0.1) is 0 Å². The van der Waals surface area contributed by atoms with Gasteiger partial charge < -0.3 is 50.0 Å². The van der Waals surface area contributed by atoms with Crippen LogP contribution in [-0.4, -0.2) is 113 Å². The number of aliphatic hydroxyl groups is 6. The molecule has 5 aliphatic rings. The zero-order valence-electron chi connectivity index (χ0n) is 24.3. The van der Waals surface area contributed by atoms with Crippen molar-refractivity contribution >= 4 is 17.3 Å². The predicted octanol–water partition coefficient (Wildman–Crippen LogP) is -0.334. The lowest BCUT2D eigenvalue weighted by Crippen LogP contribution is -2.69. The number of allylic oxidation sites excluding steroid dienone is 2. The Kier molecular flexibility index (Phi) is 7.32. The van der Waals surface area contributed by atoms with E-state index in [1.54, 1.807) is 13.8 Å². The van der Waals surface area contributed by atoms with Crippen LogP contribution >= 0.6 is 0 Å². The molecule has 7 N–H and O–H groups in total. The summed E-state index contributed by atoms with van der Waals surface area (Å²) in [7, 11) is 0. The molecule has 1 saturated carbocycles. The van der Waals surface area contributed by atoms with Crippen molar-refractivity contribution in [2.45, 2.75) is 112 Å². The van der Waals surface area contributed by atoms with Crippen LogP contribution in [0.3, 0.4) is 0 Å².